The summed E-state index contributed by atoms with van der Waals surface area (Å²) in [6, 6.07) is 12.5. The highest BCUT2D eigenvalue weighted by atomic mass is 127. The van der Waals surface area contributed by atoms with Crippen LogP contribution in [0.2, 0.25) is 0 Å². The Hall–Kier alpha value is -1.57. The van der Waals surface area contributed by atoms with Crippen LogP contribution in [0, 0.1) is 0 Å². The van der Waals surface area contributed by atoms with Gasteiger partial charge in [-0.2, -0.15) is 0 Å². The molecule has 2 N–H and O–H groups in total. The van der Waals surface area contributed by atoms with Gasteiger partial charge in [-0.15, -0.1) is 24.0 Å². The maximum Gasteiger partial charge on any atom is 0.191 e. The fourth-order valence-corrected chi connectivity index (χ4v) is 2.77. The van der Waals surface area contributed by atoms with E-state index in [1.54, 1.807) is 0 Å². The van der Waals surface area contributed by atoms with E-state index in [1.807, 2.05) is 12.1 Å². The van der Waals surface area contributed by atoms with E-state index in [-0.39, 0.29) is 24.0 Å². The number of guanidine groups is 1. The molecular weight excluding hydrogens is 439 g/mol. The van der Waals surface area contributed by atoms with Crippen LogP contribution in [0.3, 0.4) is 0 Å². The van der Waals surface area contributed by atoms with Gasteiger partial charge >= 0.3 is 0 Å². The normalized spacial score (nSPS) is 11.3. The topological polar surface area (TPSA) is 62.5 Å². The van der Waals surface area contributed by atoms with Gasteiger partial charge in [0.05, 0.1) is 5.69 Å². The number of aliphatic imine (C=N–C) groups is 1. The Balaban J connectivity index is 0.00000338. The van der Waals surface area contributed by atoms with Gasteiger partial charge in [0.25, 0.3) is 0 Å². The third kappa shape index (κ3) is 7.35. The summed E-state index contributed by atoms with van der Waals surface area (Å²) < 4.78 is 5.44. The average molecular weight is 470 g/mol. The van der Waals surface area contributed by atoms with Gasteiger partial charge in [-0.1, -0.05) is 49.3 Å². The first-order chi connectivity index (χ1) is 12.3. The number of hydrogen-bond donors (Lipinski definition) is 2. The highest BCUT2D eigenvalue weighted by molar-refractivity contribution is 14.0. The van der Waals surface area contributed by atoms with Crippen molar-refractivity contribution in [2.75, 3.05) is 13.1 Å². The molecule has 0 fully saturated rings. The van der Waals surface area contributed by atoms with E-state index in [0.29, 0.717) is 12.5 Å². The van der Waals surface area contributed by atoms with Crippen LogP contribution in [0.25, 0.3) is 0 Å². The Kier molecular flexibility index (Phi) is 11.0. The lowest BCUT2D eigenvalue weighted by molar-refractivity contribution is 0.372. The first kappa shape index (κ1) is 22.5. The quantitative estimate of drug-likeness (QED) is 0.322. The Morgan fingerprint density at radius 3 is 2.50 bits per heavy atom. The largest absolute Gasteiger partial charge is 0.359 e. The maximum atomic E-state index is 5.44. The molecule has 1 aromatic heterocycles. The molecule has 26 heavy (non-hydrogen) atoms. The van der Waals surface area contributed by atoms with E-state index in [1.165, 1.54) is 5.56 Å². The van der Waals surface area contributed by atoms with Crippen LogP contribution in [0.5, 0.6) is 0 Å². The minimum absolute atomic E-state index is 0. The molecule has 1 aromatic carbocycles. The van der Waals surface area contributed by atoms with Crippen LogP contribution >= 0.6 is 24.0 Å². The minimum Gasteiger partial charge on any atom is -0.359 e. The summed E-state index contributed by atoms with van der Waals surface area (Å²) in [5.74, 6) is 2.08. The van der Waals surface area contributed by atoms with Gasteiger partial charge in [0, 0.05) is 25.1 Å². The van der Waals surface area contributed by atoms with Crippen LogP contribution in [0.1, 0.15) is 56.5 Å². The molecule has 144 valence electrons. The Morgan fingerprint density at radius 1 is 1.12 bits per heavy atom. The number of benzene rings is 1. The first-order valence-corrected chi connectivity index (χ1v) is 9.28. The summed E-state index contributed by atoms with van der Waals surface area (Å²) in [6.45, 7) is 8.58. The molecule has 0 aliphatic heterocycles. The van der Waals surface area contributed by atoms with Crippen molar-refractivity contribution in [3.8, 4) is 0 Å². The summed E-state index contributed by atoms with van der Waals surface area (Å²) in [7, 11) is 0. The molecule has 0 saturated heterocycles. The molecule has 0 saturated carbocycles. The molecule has 2 aromatic rings. The predicted molar refractivity (Wildman–Crippen MR) is 118 cm³/mol. The van der Waals surface area contributed by atoms with Crippen LogP contribution in [0.15, 0.2) is 45.9 Å². The Morgan fingerprint density at radius 2 is 1.85 bits per heavy atom. The second-order valence-electron chi connectivity index (χ2n) is 6.09. The van der Waals surface area contributed by atoms with E-state index >= 15 is 0 Å². The third-order valence-corrected chi connectivity index (χ3v) is 4.27. The summed E-state index contributed by atoms with van der Waals surface area (Å²) in [5.41, 5.74) is 2.35. The molecule has 1 heterocycles. The van der Waals surface area contributed by atoms with E-state index in [2.05, 4.69) is 65.8 Å². The van der Waals surface area contributed by atoms with Crippen molar-refractivity contribution in [1.29, 1.82) is 0 Å². The van der Waals surface area contributed by atoms with Gasteiger partial charge < -0.3 is 15.2 Å². The van der Waals surface area contributed by atoms with Crippen molar-refractivity contribution >= 4 is 29.9 Å². The molecule has 0 spiro atoms. The van der Waals surface area contributed by atoms with E-state index in [9.17, 15) is 0 Å². The lowest BCUT2D eigenvalue weighted by Crippen LogP contribution is -2.38. The molecule has 0 amide bonds. The molecule has 0 unspecified atom stereocenters. The zero-order valence-electron chi connectivity index (χ0n) is 16.0. The second kappa shape index (κ2) is 12.7. The standard InChI is InChI=1S/C20H30N4O.HI/c1-4-17(5-2)19-14-18(25-24-19)15-23-20(21-6-3)22-13-12-16-10-8-7-9-11-16;/h7-11,14,17H,4-6,12-13,15H2,1-3H3,(H2,21,22,23);1H. The number of nitrogens with one attached hydrogen (secondary N) is 2. The van der Waals surface area contributed by atoms with Crippen molar-refractivity contribution in [3.63, 3.8) is 0 Å². The zero-order chi connectivity index (χ0) is 17.9. The van der Waals surface area contributed by atoms with Crippen molar-refractivity contribution in [2.45, 2.75) is 52.5 Å². The van der Waals surface area contributed by atoms with Crippen LogP contribution in [-0.4, -0.2) is 24.2 Å². The summed E-state index contributed by atoms with van der Waals surface area (Å²) in [5, 5.41) is 10.8. The smallest absolute Gasteiger partial charge is 0.191 e. The predicted octanol–water partition coefficient (Wildman–Crippen LogP) is 4.49. The zero-order valence-corrected chi connectivity index (χ0v) is 18.3. The van der Waals surface area contributed by atoms with Gasteiger partial charge in [0.1, 0.15) is 6.54 Å². The van der Waals surface area contributed by atoms with Gasteiger partial charge in [0.15, 0.2) is 11.7 Å². The van der Waals surface area contributed by atoms with Crippen LogP contribution in [0.4, 0.5) is 0 Å². The second-order valence-corrected chi connectivity index (χ2v) is 6.09. The Bertz CT molecular complexity index is 638. The third-order valence-electron chi connectivity index (χ3n) is 4.27. The lowest BCUT2D eigenvalue weighted by atomic mass is 9.99. The van der Waals surface area contributed by atoms with Gasteiger partial charge in [-0.05, 0) is 31.7 Å². The van der Waals surface area contributed by atoms with Gasteiger partial charge in [-0.25, -0.2) is 4.99 Å². The lowest BCUT2D eigenvalue weighted by Gasteiger charge is -2.10. The molecule has 5 nitrogen and oxygen atoms in total. The van der Waals surface area contributed by atoms with Gasteiger partial charge in [0.2, 0.25) is 0 Å². The SMILES string of the molecule is CCNC(=NCc1cc(C(CC)CC)no1)NCCc1ccccc1.I. The number of hydrogen-bond acceptors (Lipinski definition) is 3. The summed E-state index contributed by atoms with van der Waals surface area (Å²) >= 11 is 0. The fraction of sp³-hybridized carbons (Fsp3) is 0.500. The Labute approximate surface area is 174 Å². The maximum absolute atomic E-state index is 5.44. The first-order valence-electron chi connectivity index (χ1n) is 9.28. The number of rotatable bonds is 9. The van der Waals surface area contributed by atoms with E-state index < -0.39 is 0 Å². The molecule has 0 aliphatic carbocycles. The highest BCUT2D eigenvalue weighted by Crippen LogP contribution is 2.22. The molecule has 2 rings (SSSR count). The van der Waals surface area contributed by atoms with Crippen molar-refractivity contribution in [1.82, 2.24) is 15.8 Å². The molecule has 0 aliphatic rings. The van der Waals surface area contributed by atoms with Crippen molar-refractivity contribution in [3.05, 3.63) is 53.4 Å². The molecule has 6 heteroatoms. The fourth-order valence-electron chi connectivity index (χ4n) is 2.77. The van der Waals surface area contributed by atoms with Crippen LogP contribution < -0.4 is 10.6 Å². The van der Waals surface area contributed by atoms with Crippen molar-refractivity contribution in [2.24, 2.45) is 4.99 Å². The number of aromatic nitrogens is 1. The van der Waals surface area contributed by atoms with E-state index in [4.69, 9.17) is 4.52 Å². The van der Waals surface area contributed by atoms with Crippen LogP contribution in [-0.2, 0) is 13.0 Å². The van der Waals surface area contributed by atoms with Crippen molar-refractivity contribution < 1.29 is 4.52 Å². The molecular formula is C20H31IN4O. The average Bonchev–Trinajstić information content (AvgIpc) is 3.10. The van der Waals surface area contributed by atoms with Gasteiger partial charge in [-0.3, -0.25) is 0 Å². The molecule has 0 radical (unpaired) electrons. The molecule has 0 atom stereocenters. The number of halogens is 1. The molecule has 0 bridgehead atoms. The number of nitrogens with zero attached hydrogens (tertiary/aromatic N) is 2. The van der Waals surface area contributed by atoms with E-state index in [0.717, 1.165) is 49.8 Å². The summed E-state index contributed by atoms with van der Waals surface area (Å²) in [4.78, 5) is 4.60. The summed E-state index contributed by atoms with van der Waals surface area (Å²) in [6.07, 6.45) is 3.12. The highest BCUT2D eigenvalue weighted by Gasteiger charge is 2.12. The monoisotopic (exact) mass is 470 g/mol. The minimum atomic E-state index is 0.